The molecule has 0 unspecified atom stereocenters. The Balaban J connectivity index is 1.02. The van der Waals surface area contributed by atoms with Crippen LogP contribution in [0.3, 0.4) is 0 Å². The Hall–Kier alpha value is -7.84. The van der Waals surface area contributed by atoms with Crippen molar-refractivity contribution in [3.63, 3.8) is 0 Å². The van der Waals surface area contributed by atoms with E-state index in [1.165, 1.54) is 134 Å². The molecule has 8 aromatic rings. The molecule has 0 bridgehead atoms. The third-order valence-corrected chi connectivity index (χ3v) is 17.4. The van der Waals surface area contributed by atoms with Crippen LogP contribution in [0.15, 0.2) is 137 Å². The van der Waals surface area contributed by atoms with E-state index in [0.29, 0.717) is 26.7 Å². The molecule has 4 heterocycles. The maximum atomic E-state index is 4.96. The molecule has 356 valence electrons. The van der Waals surface area contributed by atoms with Crippen molar-refractivity contribution in [2.75, 3.05) is 26.7 Å². The van der Waals surface area contributed by atoms with Crippen LogP contribution in [0.1, 0.15) is 111 Å². The van der Waals surface area contributed by atoms with Crippen LogP contribution < -0.4 is 42.9 Å². The van der Waals surface area contributed by atoms with Gasteiger partial charge in [-0.2, -0.15) is 0 Å². The molecule has 0 atom stereocenters. The molecular weight excluding hydrogens is 893 g/mol. The first-order valence-electron chi connectivity index (χ1n) is 25.9. The van der Waals surface area contributed by atoms with Crippen molar-refractivity contribution < 1.29 is 0 Å². The predicted octanol–water partition coefficient (Wildman–Crippen LogP) is 7.70. The number of hydrogen-bond donors (Lipinski definition) is 0. The van der Waals surface area contributed by atoms with Crippen LogP contribution in [0.25, 0.3) is 22.3 Å². The lowest BCUT2D eigenvalue weighted by atomic mass is 9.69. The molecule has 4 aliphatic heterocycles. The molecule has 8 nitrogen and oxygen atoms in total. The third kappa shape index (κ3) is 6.44. The summed E-state index contributed by atoms with van der Waals surface area (Å²) in [7, 11) is 0. The first-order valence-corrected chi connectivity index (χ1v) is 25.9. The van der Waals surface area contributed by atoms with Gasteiger partial charge in [-0.1, -0.05) is 97.1 Å². The summed E-state index contributed by atoms with van der Waals surface area (Å²) in [6.07, 6.45) is 3.05. The topological polar surface area (TPSA) is 98.9 Å². The normalized spacial score (nSPS) is 15.0. The first-order chi connectivity index (χ1) is 35.4. The van der Waals surface area contributed by atoms with Gasteiger partial charge < -0.3 is 0 Å². The van der Waals surface area contributed by atoms with E-state index in [1.807, 2.05) is 0 Å². The summed E-state index contributed by atoms with van der Waals surface area (Å²) in [5.74, 6) is 0. The summed E-state index contributed by atoms with van der Waals surface area (Å²) in [6.45, 7) is 19.5. The number of rotatable bonds is 8. The van der Waals surface area contributed by atoms with E-state index in [9.17, 15) is 0 Å². The van der Waals surface area contributed by atoms with Gasteiger partial charge >= 0.3 is 0 Å². The Kier molecular flexibility index (Phi) is 9.67. The number of benzene rings is 8. The van der Waals surface area contributed by atoms with Gasteiger partial charge in [-0.25, -0.2) is 0 Å². The van der Waals surface area contributed by atoms with Crippen molar-refractivity contribution in [3.8, 4) is 22.3 Å². The second-order valence-electron chi connectivity index (χ2n) is 21.5. The minimum absolute atomic E-state index is 0.491. The summed E-state index contributed by atoms with van der Waals surface area (Å²) in [6, 6.07) is 38.7. The zero-order valence-corrected chi connectivity index (χ0v) is 43.0. The van der Waals surface area contributed by atoms with Crippen molar-refractivity contribution in [2.45, 2.75) is 86.5 Å². The molecule has 2 aliphatic carbocycles. The van der Waals surface area contributed by atoms with Gasteiger partial charge in [0.05, 0.1) is 48.3 Å². The molecule has 0 amide bonds. The van der Waals surface area contributed by atoms with Crippen LogP contribution in [0.2, 0.25) is 0 Å². The highest BCUT2D eigenvalue weighted by Gasteiger charge is 2.52. The summed E-state index contributed by atoms with van der Waals surface area (Å²) in [5.41, 5.74) is 29.8. The van der Waals surface area contributed by atoms with E-state index < -0.39 is 5.41 Å². The van der Waals surface area contributed by atoms with Crippen LogP contribution in [0.4, 0.5) is 0 Å². The highest BCUT2D eigenvalue weighted by Crippen LogP contribution is 2.63. The van der Waals surface area contributed by atoms with E-state index in [4.69, 9.17) is 39.9 Å². The maximum absolute atomic E-state index is 4.96. The quantitative estimate of drug-likeness (QED) is 0.149. The lowest BCUT2D eigenvalue weighted by Crippen LogP contribution is -2.30. The minimum atomic E-state index is -0.626. The van der Waals surface area contributed by atoms with Crippen LogP contribution in [-0.2, 0) is 31.1 Å². The molecule has 14 rings (SSSR count). The Labute approximate surface area is 424 Å². The van der Waals surface area contributed by atoms with Gasteiger partial charge in [-0.3, -0.25) is 39.9 Å². The van der Waals surface area contributed by atoms with Crippen LogP contribution >= 0.6 is 0 Å². The van der Waals surface area contributed by atoms with Crippen molar-refractivity contribution in [3.05, 3.63) is 251 Å². The monoisotopic (exact) mass is 948 g/mol. The Bertz CT molecular complexity index is 3860. The van der Waals surface area contributed by atoms with Crippen LogP contribution in [0.5, 0.6) is 0 Å². The molecule has 0 aromatic heterocycles. The molecule has 0 N–H and O–H groups in total. The van der Waals surface area contributed by atoms with E-state index in [2.05, 4.69) is 152 Å². The van der Waals surface area contributed by atoms with Gasteiger partial charge in [0.1, 0.15) is 26.7 Å². The van der Waals surface area contributed by atoms with Gasteiger partial charge in [0.25, 0.3) is 0 Å². The number of aryl methyl sites for hydroxylation is 4. The lowest BCUT2D eigenvalue weighted by Gasteiger charge is -2.32. The van der Waals surface area contributed by atoms with Crippen molar-refractivity contribution in [2.24, 2.45) is 39.9 Å². The minimum Gasteiger partial charge on any atom is -0.259 e. The van der Waals surface area contributed by atoms with E-state index in [1.54, 1.807) is 0 Å². The van der Waals surface area contributed by atoms with Crippen molar-refractivity contribution >= 4 is 0 Å². The molecule has 0 radical (unpaired) electrons. The Morgan fingerprint density at radius 1 is 0.288 bits per heavy atom. The molecule has 8 heteroatoms. The molecule has 6 aliphatic rings. The van der Waals surface area contributed by atoms with Crippen molar-refractivity contribution in [1.29, 1.82) is 0 Å². The molecule has 0 fully saturated rings. The largest absolute Gasteiger partial charge is 0.259 e. The zero-order valence-electron chi connectivity index (χ0n) is 43.0. The molecule has 73 heavy (non-hydrogen) atoms. The Morgan fingerprint density at radius 3 is 0.740 bits per heavy atom. The Morgan fingerprint density at radius 2 is 0.507 bits per heavy atom. The zero-order chi connectivity index (χ0) is 49.6. The second kappa shape index (κ2) is 16.1. The average Bonchev–Trinajstić information content (AvgIpc) is 4.26. The van der Waals surface area contributed by atoms with E-state index in [-0.39, 0.29) is 0 Å². The van der Waals surface area contributed by atoms with Gasteiger partial charge in [0, 0.05) is 0 Å². The fraction of sp³-hybridized carbons (Fsp3) is 0.262. The fourth-order valence-corrected chi connectivity index (χ4v) is 13.3. The smallest absolute Gasteiger partial charge is 0.130 e. The second-order valence-corrected chi connectivity index (χ2v) is 21.5. The molecule has 0 saturated carbocycles. The van der Waals surface area contributed by atoms with Crippen LogP contribution in [0, 0.1) is 55.4 Å². The van der Waals surface area contributed by atoms with Crippen LogP contribution in [-0.4, -0.2) is 26.7 Å². The standard InChI is InChI=1S/C65H56N8/c1-33-17-45(61-57(37(33)5)66-29-70-61)21-41-9-13-49-50-14-10-42(22-46-18-34(2)38(6)58-62(46)71-30-67-58)26-54(50)65(53(49)25-41)55-27-43(23-47-19-35(3)39(7)59-63(47)72-31-68-59)11-15-51(55)52-16-12-44(28-56(52)65)24-48-20-36(4)40(8)60-64(48)73-32-69-60/h9-20,25-28H,21-24,29-32H2,1-8H3. The molecule has 1 spiro atoms. The third-order valence-electron chi connectivity index (χ3n) is 17.4. The summed E-state index contributed by atoms with van der Waals surface area (Å²) in [5, 5.41) is 8.38. The summed E-state index contributed by atoms with van der Waals surface area (Å²) in [4.78, 5) is 39.2. The van der Waals surface area contributed by atoms with Gasteiger partial charge in [0.15, 0.2) is 0 Å². The molecule has 0 saturated heterocycles. The number of nitrogens with zero attached hydrogens (tertiary/aromatic N) is 8. The molecule has 8 aromatic carbocycles. The van der Waals surface area contributed by atoms with E-state index in [0.717, 1.165) is 68.5 Å². The summed E-state index contributed by atoms with van der Waals surface area (Å²) < 4.78 is 0. The fourth-order valence-electron chi connectivity index (χ4n) is 13.3. The predicted molar refractivity (Wildman–Crippen MR) is 286 cm³/mol. The first kappa shape index (κ1) is 43.9. The highest BCUT2D eigenvalue weighted by atomic mass is 15.0. The highest BCUT2D eigenvalue weighted by molar-refractivity contribution is 5.95. The average molecular weight is 949 g/mol. The number of hydrogen-bond acceptors (Lipinski definition) is 8. The van der Waals surface area contributed by atoms with E-state index >= 15 is 0 Å². The van der Waals surface area contributed by atoms with Gasteiger partial charge in [0.2, 0.25) is 0 Å². The number of fused-ring (bicyclic) bond motifs is 14. The maximum Gasteiger partial charge on any atom is 0.130 e. The van der Waals surface area contributed by atoms with Crippen molar-refractivity contribution in [1.82, 2.24) is 0 Å². The summed E-state index contributed by atoms with van der Waals surface area (Å²) >= 11 is 0. The van der Waals surface area contributed by atoms with Gasteiger partial charge in [-0.15, -0.1) is 0 Å². The van der Waals surface area contributed by atoms with Gasteiger partial charge in [-0.05, 0) is 215 Å². The molecular formula is C65H56N8. The lowest BCUT2D eigenvalue weighted by molar-refractivity contribution is 0.786. The SMILES string of the molecule is Cc1cc(Cc2ccc3c(c2)C2(c4cc(Cc5cc(C)c(C)c6c5=NCN=6)ccc4-3)c3cc(Cc4cc(C)c(C)c5c4=NCN=5)ccc3-c3ccc(Cc4cc(C)c(C)c5c4=NCN=5)cc32)c2c(c1C)=NCN=2.